The molecule has 30 heavy (non-hydrogen) atoms. The molecule has 0 N–H and O–H groups in total. The molecule has 0 aliphatic heterocycles. The smallest absolute Gasteiger partial charge is 0.0162 e. The molecular weight excluding hydrogens is 360 g/mol. The van der Waals surface area contributed by atoms with E-state index in [1.54, 1.807) is 0 Å². The van der Waals surface area contributed by atoms with Gasteiger partial charge in [0.05, 0.1) is 0 Å². The molecule has 0 saturated carbocycles. The summed E-state index contributed by atoms with van der Waals surface area (Å²) < 4.78 is 0. The van der Waals surface area contributed by atoms with E-state index in [2.05, 4.69) is 81.4 Å². The lowest BCUT2D eigenvalue weighted by Gasteiger charge is -2.20. The van der Waals surface area contributed by atoms with Gasteiger partial charge in [0, 0.05) is 0 Å². The molecule has 0 aliphatic rings. The number of rotatable bonds is 13. The monoisotopic (exact) mass is 412 g/mol. The predicted octanol–water partition coefficient (Wildman–Crippen LogP) is 10.6. The average molecular weight is 413 g/mol. The van der Waals surface area contributed by atoms with Crippen LogP contribution in [0.4, 0.5) is 0 Å². The first kappa shape index (κ1) is 30.6. The van der Waals surface area contributed by atoms with E-state index in [1.807, 2.05) is 0 Å². The number of hydrogen-bond donors (Lipinski definition) is 0. The Labute approximate surface area is 190 Å². The van der Waals surface area contributed by atoms with E-state index < -0.39 is 0 Å². The van der Waals surface area contributed by atoms with Gasteiger partial charge < -0.3 is 0 Å². The van der Waals surface area contributed by atoms with Crippen LogP contribution in [0.2, 0.25) is 0 Å². The van der Waals surface area contributed by atoms with Gasteiger partial charge in [0.15, 0.2) is 0 Å². The zero-order chi connectivity index (χ0) is 19.3. The average Bonchev–Trinajstić information content (AvgIpc) is 2.72. The van der Waals surface area contributed by atoms with Crippen LogP contribution < -0.4 is 0 Å². The number of unbranched alkanes of at least 4 members (excludes halogenated alkanes) is 4. The Morgan fingerprint density at radius 3 is 1.60 bits per heavy atom. The summed E-state index contributed by atoms with van der Waals surface area (Å²) in [6, 6.07) is 22.1. The molecule has 172 valence electrons. The fourth-order valence-electron chi connectivity index (χ4n) is 4.29. The lowest BCUT2D eigenvalue weighted by molar-refractivity contribution is 0.411. The lowest BCUT2D eigenvalue weighted by atomic mass is 9.85. The molecule has 2 aromatic rings. The van der Waals surface area contributed by atoms with Gasteiger partial charge in [0.2, 0.25) is 0 Å². The summed E-state index contributed by atoms with van der Waals surface area (Å²) in [7, 11) is 0. The van der Waals surface area contributed by atoms with Crippen LogP contribution in [-0.4, -0.2) is 0 Å². The zero-order valence-electron chi connectivity index (χ0n) is 17.9. The van der Waals surface area contributed by atoms with Gasteiger partial charge in [0.1, 0.15) is 0 Å². The minimum atomic E-state index is 0. The largest absolute Gasteiger partial charge is 0.0776 e. The summed E-state index contributed by atoms with van der Waals surface area (Å²) >= 11 is 0. The molecule has 2 aromatic carbocycles. The summed E-state index contributed by atoms with van der Waals surface area (Å²) in [6.45, 7) is 7.15. The van der Waals surface area contributed by atoms with Crippen molar-refractivity contribution in [1.29, 1.82) is 0 Å². The third-order valence-corrected chi connectivity index (χ3v) is 6.15. The van der Waals surface area contributed by atoms with Gasteiger partial charge in [-0.15, -0.1) is 0 Å². The summed E-state index contributed by atoms with van der Waals surface area (Å²) in [5.74, 6) is 2.28. The van der Waals surface area contributed by atoms with Crippen LogP contribution >= 0.6 is 0 Å². The Hall–Kier alpha value is -1.56. The molecule has 0 spiro atoms. The zero-order valence-corrected chi connectivity index (χ0v) is 17.9. The Kier molecular flexibility index (Phi) is 18.6. The van der Waals surface area contributed by atoms with E-state index >= 15 is 0 Å². The van der Waals surface area contributed by atoms with Crippen LogP contribution in [0.3, 0.4) is 0 Å². The third-order valence-electron chi connectivity index (χ3n) is 6.15. The molecule has 0 amide bonds. The second-order valence-electron chi connectivity index (χ2n) is 8.51. The molecule has 0 bridgehead atoms. The van der Waals surface area contributed by atoms with Crippen molar-refractivity contribution in [3.8, 4) is 0 Å². The van der Waals surface area contributed by atoms with Crippen LogP contribution in [0, 0.1) is 5.92 Å². The van der Waals surface area contributed by atoms with Gasteiger partial charge in [0.25, 0.3) is 0 Å². The second-order valence-corrected chi connectivity index (χ2v) is 8.51. The first-order valence-corrected chi connectivity index (χ1v) is 11.3. The molecule has 3 unspecified atom stereocenters. The summed E-state index contributed by atoms with van der Waals surface area (Å²) in [4.78, 5) is 0. The summed E-state index contributed by atoms with van der Waals surface area (Å²) in [5, 5.41) is 0. The van der Waals surface area contributed by atoms with Gasteiger partial charge in [-0.3, -0.25) is 0 Å². The Balaban J connectivity index is 0. The fraction of sp³-hybridized carbons (Fsp3) is 0.600. The maximum absolute atomic E-state index is 2.45. The molecule has 0 aliphatic carbocycles. The third kappa shape index (κ3) is 11.6. The van der Waals surface area contributed by atoms with E-state index in [1.165, 1.54) is 68.9 Å². The highest BCUT2D eigenvalue weighted by Gasteiger charge is 2.13. The van der Waals surface area contributed by atoms with Crippen LogP contribution in [0.5, 0.6) is 0 Å². The van der Waals surface area contributed by atoms with E-state index in [0.717, 1.165) is 11.8 Å². The minimum Gasteiger partial charge on any atom is -0.0776 e. The Morgan fingerprint density at radius 1 is 0.600 bits per heavy atom. The molecule has 0 nitrogen and oxygen atoms in total. The van der Waals surface area contributed by atoms with Gasteiger partial charge in [-0.2, -0.15) is 0 Å². The fourth-order valence-corrected chi connectivity index (χ4v) is 4.29. The molecule has 0 heteroatoms. The van der Waals surface area contributed by atoms with Crippen molar-refractivity contribution in [3.05, 3.63) is 71.8 Å². The molecule has 0 heterocycles. The second kappa shape index (κ2) is 18.2. The van der Waals surface area contributed by atoms with E-state index in [-0.39, 0.29) is 22.3 Å². The number of hydrogen-bond acceptors (Lipinski definition) is 0. The van der Waals surface area contributed by atoms with Crippen molar-refractivity contribution in [3.63, 3.8) is 0 Å². The van der Waals surface area contributed by atoms with Crippen molar-refractivity contribution >= 4 is 0 Å². The molecule has 0 aromatic heterocycles. The lowest BCUT2D eigenvalue weighted by Crippen LogP contribution is -2.04. The van der Waals surface area contributed by atoms with E-state index in [9.17, 15) is 0 Å². The van der Waals surface area contributed by atoms with Gasteiger partial charge in [-0.25, -0.2) is 0 Å². The molecular formula is C30H52. The summed E-state index contributed by atoms with van der Waals surface area (Å²) in [6.07, 6.45) is 12.3. The normalized spacial score (nSPS) is 13.2. The highest BCUT2D eigenvalue weighted by Crippen LogP contribution is 2.29. The topological polar surface area (TPSA) is 0 Å². The quantitative estimate of drug-likeness (QED) is 0.287. The van der Waals surface area contributed by atoms with E-state index in [4.69, 9.17) is 0 Å². The van der Waals surface area contributed by atoms with Crippen LogP contribution in [0.1, 0.15) is 124 Å². The summed E-state index contributed by atoms with van der Waals surface area (Å²) in [5.41, 5.74) is 3.02. The van der Waals surface area contributed by atoms with Crippen LogP contribution in [0.25, 0.3) is 0 Å². The SMILES string of the molecule is C.C.C.CCC(CC(C)CCCCCCCC(C)c1ccccc1)c1ccccc1. The molecule has 0 fully saturated rings. The molecule has 0 radical (unpaired) electrons. The van der Waals surface area contributed by atoms with Crippen molar-refractivity contribution in [2.24, 2.45) is 5.92 Å². The predicted molar refractivity (Wildman–Crippen MR) is 141 cm³/mol. The highest BCUT2D eigenvalue weighted by molar-refractivity contribution is 5.19. The van der Waals surface area contributed by atoms with Gasteiger partial charge >= 0.3 is 0 Å². The van der Waals surface area contributed by atoms with Crippen molar-refractivity contribution < 1.29 is 0 Å². The van der Waals surface area contributed by atoms with Crippen molar-refractivity contribution in [2.45, 2.75) is 113 Å². The van der Waals surface area contributed by atoms with Gasteiger partial charge in [-0.1, -0.05) is 142 Å². The molecule has 0 saturated heterocycles. The van der Waals surface area contributed by atoms with Crippen molar-refractivity contribution in [2.75, 3.05) is 0 Å². The Bertz CT molecular complexity index is 586. The number of benzene rings is 2. The van der Waals surface area contributed by atoms with Crippen LogP contribution in [0.15, 0.2) is 60.7 Å². The maximum atomic E-state index is 2.45. The van der Waals surface area contributed by atoms with E-state index in [0.29, 0.717) is 5.92 Å². The first-order valence-electron chi connectivity index (χ1n) is 11.3. The van der Waals surface area contributed by atoms with Crippen molar-refractivity contribution in [1.82, 2.24) is 0 Å². The minimum absolute atomic E-state index is 0. The van der Waals surface area contributed by atoms with Crippen LogP contribution in [-0.2, 0) is 0 Å². The van der Waals surface area contributed by atoms with Gasteiger partial charge in [-0.05, 0) is 48.1 Å². The standard InChI is InChI=1S/C27H40.3CH4/c1-4-25(27-20-14-9-15-21-27)22-23(2)16-10-6-5-7-11-17-24(3)26-18-12-8-13-19-26;;;/h8-9,12-15,18-21,23-25H,4-7,10-11,16-17,22H2,1-3H3;3*1H4. The molecule has 3 atom stereocenters. The first-order chi connectivity index (χ1) is 13.2. The Morgan fingerprint density at radius 2 is 1.07 bits per heavy atom. The highest BCUT2D eigenvalue weighted by atomic mass is 14.2. The molecule has 2 rings (SSSR count). The maximum Gasteiger partial charge on any atom is -0.0162 e.